The Kier molecular flexibility index (Phi) is 4.98. The molecule has 144 valence electrons. The van der Waals surface area contributed by atoms with E-state index in [1.54, 1.807) is 10.6 Å². The van der Waals surface area contributed by atoms with E-state index in [9.17, 15) is 9.59 Å². The third kappa shape index (κ3) is 3.83. The number of thioether (sulfide) groups is 1. The Hall–Kier alpha value is -2.60. The summed E-state index contributed by atoms with van der Waals surface area (Å²) in [6.07, 6.45) is 2.09. The number of carbonyl (C=O) groups is 1. The lowest BCUT2D eigenvalue weighted by Crippen LogP contribution is -2.33. The molecule has 1 amide bonds. The first-order valence-electron chi connectivity index (χ1n) is 9.50. The van der Waals surface area contributed by atoms with Crippen LogP contribution in [-0.4, -0.2) is 26.8 Å². The Labute approximate surface area is 168 Å². The highest BCUT2D eigenvalue weighted by atomic mass is 32.2. The van der Waals surface area contributed by atoms with Gasteiger partial charge in [0.25, 0.3) is 5.56 Å². The smallest absolute Gasteiger partial charge is 0.266 e. The number of aromatic nitrogens is 2. The molecule has 4 rings (SSSR count). The molecular weight excluding hydrogens is 370 g/mol. The summed E-state index contributed by atoms with van der Waals surface area (Å²) >= 11 is 1.32. The van der Waals surface area contributed by atoms with E-state index >= 15 is 0 Å². The van der Waals surface area contributed by atoms with Crippen LogP contribution in [0.5, 0.6) is 0 Å². The van der Waals surface area contributed by atoms with Gasteiger partial charge in [-0.2, -0.15) is 0 Å². The lowest BCUT2D eigenvalue weighted by molar-refractivity contribution is -0.120. The Morgan fingerprint density at radius 2 is 1.86 bits per heavy atom. The molecule has 0 aliphatic heterocycles. The summed E-state index contributed by atoms with van der Waals surface area (Å²) in [4.78, 5) is 30.5. The van der Waals surface area contributed by atoms with Gasteiger partial charge in [-0.15, -0.1) is 0 Å². The van der Waals surface area contributed by atoms with Crippen LogP contribution in [0.2, 0.25) is 0 Å². The zero-order valence-corrected chi connectivity index (χ0v) is 17.0. The molecule has 1 N–H and O–H groups in total. The number of carbonyl (C=O) groups excluding carboxylic acids is 1. The van der Waals surface area contributed by atoms with Gasteiger partial charge in [-0.1, -0.05) is 30.0 Å². The van der Waals surface area contributed by atoms with Crippen molar-refractivity contribution in [3.8, 4) is 5.69 Å². The minimum absolute atomic E-state index is 0.0121. The Balaban J connectivity index is 1.83. The third-order valence-corrected chi connectivity index (χ3v) is 5.84. The molecule has 1 heterocycles. The van der Waals surface area contributed by atoms with E-state index in [-0.39, 0.29) is 16.7 Å². The Bertz CT molecular complexity index is 1100. The molecule has 0 radical (unpaired) electrons. The van der Waals surface area contributed by atoms with E-state index in [0.29, 0.717) is 22.1 Å². The van der Waals surface area contributed by atoms with Gasteiger partial charge in [0.1, 0.15) is 0 Å². The number of benzene rings is 2. The number of para-hydroxylation sites is 1. The predicted molar refractivity (Wildman–Crippen MR) is 113 cm³/mol. The van der Waals surface area contributed by atoms with Crippen LogP contribution in [0, 0.1) is 13.8 Å². The SMILES string of the molecule is Cc1cc(C)cc(-n2c(S[C@H](C)C(=O)NC3CC3)nc3ccccc3c2=O)c1. The average molecular weight is 394 g/mol. The molecule has 0 saturated heterocycles. The molecule has 1 aliphatic rings. The van der Waals surface area contributed by atoms with E-state index < -0.39 is 0 Å². The standard InChI is InChI=1S/C22H23N3O2S/c1-13-10-14(2)12-17(11-13)25-21(27)18-6-4-5-7-19(18)24-22(25)28-15(3)20(26)23-16-8-9-16/h4-7,10-12,15-16H,8-9H2,1-3H3,(H,23,26)/t15-/m1/s1. The molecular formula is C22H23N3O2S. The molecule has 0 unspecified atom stereocenters. The van der Waals surface area contributed by atoms with Crippen LogP contribution in [0.1, 0.15) is 30.9 Å². The highest BCUT2D eigenvalue weighted by molar-refractivity contribution is 8.00. The number of amides is 1. The zero-order valence-electron chi connectivity index (χ0n) is 16.2. The van der Waals surface area contributed by atoms with Gasteiger partial charge in [-0.25, -0.2) is 4.98 Å². The minimum atomic E-state index is -0.342. The molecule has 5 nitrogen and oxygen atoms in total. The number of fused-ring (bicyclic) bond motifs is 1. The van der Waals surface area contributed by atoms with Crippen molar-refractivity contribution in [1.82, 2.24) is 14.9 Å². The Morgan fingerprint density at radius 1 is 1.18 bits per heavy atom. The number of hydrogen-bond acceptors (Lipinski definition) is 4. The van der Waals surface area contributed by atoms with Gasteiger partial charge < -0.3 is 5.32 Å². The molecule has 1 atom stereocenters. The second-order valence-corrected chi connectivity index (χ2v) is 8.75. The summed E-state index contributed by atoms with van der Waals surface area (Å²) in [5.41, 5.74) is 3.45. The molecule has 1 fully saturated rings. The van der Waals surface area contributed by atoms with Crippen molar-refractivity contribution in [3.63, 3.8) is 0 Å². The first kappa shape index (κ1) is 18.7. The monoisotopic (exact) mass is 393 g/mol. The second kappa shape index (κ2) is 7.43. The summed E-state index contributed by atoms with van der Waals surface area (Å²) in [6.45, 7) is 5.87. The lowest BCUT2D eigenvalue weighted by Gasteiger charge is -2.17. The van der Waals surface area contributed by atoms with Crippen LogP contribution in [0.15, 0.2) is 52.4 Å². The van der Waals surface area contributed by atoms with Crippen molar-refractivity contribution >= 4 is 28.6 Å². The lowest BCUT2D eigenvalue weighted by atomic mass is 10.1. The third-order valence-electron chi connectivity index (χ3n) is 4.78. The summed E-state index contributed by atoms with van der Waals surface area (Å²) < 4.78 is 1.63. The first-order valence-corrected chi connectivity index (χ1v) is 10.4. The fourth-order valence-corrected chi connectivity index (χ4v) is 4.19. The van der Waals surface area contributed by atoms with Gasteiger partial charge in [0.2, 0.25) is 5.91 Å². The molecule has 1 saturated carbocycles. The second-order valence-electron chi connectivity index (χ2n) is 7.44. The molecule has 2 aromatic carbocycles. The van der Waals surface area contributed by atoms with Crippen molar-refractivity contribution < 1.29 is 4.79 Å². The fourth-order valence-electron chi connectivity index (χ4n) is 3.26. The maximum absolute atomic E-state index is 13.3. The predicted octanol–water partition coefficient (Wildman–Crippen LogP) is 3.76. The van der Waals surface area contributed by atoms with Crippen LogP contribution in [0.25, 0.3) is 16.6 Å². The number of rotatable bonds is 5. The minimum Gasteiger partial charge on any atom is -0.352 e. The van der Waals surface area contributed by atoms with Crippen molar-refractivity contribution in [3.05, 3.63) is 63.9 Å². The number of hydrogen-bond donors (Lipinski definition) is 1. The molecule has 1 aliphatic carbocycles. The van der Waals surface area contributed by atoms with Gasteiger partial charge in [0.15, 0.2) is 5.16 Å². The van der Waals surface area contributed by atoms with Gasteiger partial charge >= 0.3 is 0 Å². The van der Waals surface area contributed by atoms with Crippen molar-refractivity contribution in [2.75, 3.05) is 0 Å². The number of aryl methyl sites for hydroxylation is 2. The largest absolute Gasteiger partial charge is 0.352 e. The highest BCUT2D eigenvalue weighted by Crippen LogP contribution is 2.27. The van der Waals surface area contributed by atoms with Crippen LogP contribution in [-0.2, 0) is 4.79 Å². The maximum Gasteiger partial charge on any atom is 0.266 e. The van der Waals surface area contributed by atoms with E-state index in [0.717, 1.165) is 29.7 Å². The van der Waals surface area contributed by atoms with E-state index in [4.69, 9.17) is 4.98 Å². The van der Waals surface area contributed by atoms with Gasteiger partial charge in [-0.05, 0) is 69.0 Å². The molecule has 6 heteroatoms. The van der Waals surface area contributed by atoms with Gasteiger partial charge in [-0.3, -0.25) is 14.2 Å². The molecule has 0 spiro atoms. The summed E-state index contributed by atoms with van der Waals surface area (Å²) in [5, 5.41) is 3.79. The topological polar surface area (TPSA) is 64.0 Å². The highest BCUT2D eigenvalue weighted by Gasteiger charge is 2.27. The van der Waals surface area contributed by atoms with Crippen LogP contribution < -0.4 is 10.9 Å². The van der Waals surface area contributed by atoms with Crippen LogP contribution >= 0.6 is 11.8 Å². The quantitative estimate of drug-likeness (QED) is 0.529. The van der Waals surface area contributed by atoms with E-state index in [2.05, 4.69) is 11.4 Å². The molecule has 3 aromatic rings. The normalized spacial score (nSPS) is 14.8. The molecule has 0 bridgehead atoms. The summed E-state index contributed by atoms with van der Waals surface area (Å²) in [5.74, 6) is -0.0121. The fraction of sp³-hybridized carbons (Fsp3) is 0.318. The van der Waals surface area contributed by atoms with Crippen molar-refractivity contribution in [2.24, 2.45) is 0 Å². The van der Waals surface area contributed by atoms with Gasteiger partial charge in [0, 0.05) is 6.04 Å². The summed E-state index contributed by atoms with van der Waals surface area (Å²) in [7, 11) is 0. The van der Waals surface area contributed by atoms with E-state index in [1.807, 2.05) is 51.1 Å². The van der Waals surface area contributed by atoms with Crippen molar-refractivity contribution in [2.45, 2.75) is 50.1 Å². The van der Waals surface area contributed by atoms with Crippen molar-refractivity contribution in [1.29, 1.82) is 0 Å². The number of nitrogens with zero attached hydrogens (tertiary/aromatic N) is 2. The van der Waals surface area contributed by atoms with Crippen LogP contribution in [0.3, 0.4) is 0 Å². The average Bonchev–Trinajstić information content (AvgIpc) is 3.45. The first-order chi connectivity index (χ1) is 13.4. The number of nitrogens with one attached hydrogen (secondary N) is 1. The van der Waals surface area contributed by atoms with Gasteiger partial charge in [0.05, 0.1) is 21.8 Å². The van der Waals surface area contributed by atoms with Crippen LogP contribution in [0.4, 0.5) is 0 Å². The summed E-state index contributed by atoms with van der Waals surface area (Å²) in [6, 6.07) is 13.7. The van der Waals surface area contributed by atoms with E-state index in [1.165, 1.54) is 11.8 Å². The Morgan fingerprint density at radius 3 is 2.54 bits per heavy atom. The molecule has 28 heavy (non-hydrogen) atoms. The maximum atomic E-state index is 13.3. The molecule has 1 aromatic heterocycles. The zero-order chi connectivity index (χ0) is 19.8.